The van der Waals surface area contributed by atoms with Gasteiger partial charge < -0.3 is 9.64 Å². The number of benzene rings is 1. The van der Waals surface area contributed by atoms with Crippen LogP contribution in [0, 0.1) is 12.3 Å². The van der Waals surface area contributed by atoms with Crippen LogP contribution < -0.4 is 9.62 Å². The number of hydrogen-bond acceptors (Lipinski definition) is 6. The Morgan fingerprint density at radius 2 is 1.94 bits per heavy atom. The van der Waals surface area contributed by atoms with Crippen LogP contribution >= 0.6 is 15.9 Å². The second kappa shape index (κ2) is 9.66. The number of halogens is 1. The second-order valence-corrected chi connectivity index (χ2v) is 12.9. The van der Waals surface area contributed by atoms with Crippen molar-refractivity contribution in [3.05, 3.63) is 51.4 Å². The van der Waals surface area contributed by atoms with E-state index < -0.39 is 17.0 Å². The van der Waals surface area contributed by atoms with E-state index in [1.54, 1.807) is 6.92 Å². The Morgan fingerprint density at radius 1 is 1.26 bits per heavy atom. The summed E-state index contributed by atoms with van der Waals surface area (Å²) in [5.74, 6) is 0.117. The van der Waals surface area contributed by atoms with Gasteiger partial charge in [-0.3, -0.25) is 0 Å². The number of fused-ring (bicyclic) bond motifs is 1. The summed E-state index contributed by atoms with van der Waals surface area (Å²) in [6.07, 6.45) is 2.73. The molecule has 1 saturated heterocycles. The Kier molecular flexibility index (Phi) is 7.18. The molecule has 1 aliphatic carbocycles. The number of carbonyl (C=O) groups is 1. The van der Waals surface area contributed by atoms with Crippen molar-refractivity contribution in [2.45, 2.75) is 64.7 Å². The Hall–Kier alpha value is -1.84. The highest BCUT2D eigenvalue weighted by molar-refractivity contribution is 9.10. The number of rotatable bonds is 5. The summed E-state index contributed by atoms with van der Waals surface area (Å²) >= 11 is 3.40. The van der Waals surface area contributed by atoms with E-state index in [0.29, 0.717) is 10.4 Å². The number of anilines is 1. The van der Waals surface area contributed by atoms with Gasteiger partial charge in [-0.15, -0.1) is 0 Å². The lowest BCUT2D eigenvalue weighted by atomic mass is 9.73. The maximum atomic E-state index is 13.1. The summed E-state index contributed by atoms with van der Waals surface area (Å²) in [7, 11) is -1.18. The molecule has 2 atom stereocenters. The highest BCUT2D eigenvalue weighted by Crippen LogP contribution is 2.52. The zero-order chi connectivity index (χ0) is 24.7. The Morgan fingerprint density at radius 3 is 2.59 bits per heavy atom. The minimum absolute atomic E-state index is 0.0215. The van der Waals surface area contributed by atoms with Crippen LogP contribution in [0.15, 0.2) is 28.9 Å². The molecule has 0 saturated carbocycles. The Labute approximate surface area is 212 Å². The van der Waals surface area contributed by atoms with Gasteiger partial charge in [0, 0.05) is 13.1 Å². The number of aromatic nitrogens is 2. The first kappa shape index (κ1) is 25.3. The summed E-state index contributed by atoms with van der Waals surface area (Å²) in [6, 6.07) is 8.52. The highest BCUT2D eigenvalue weighted by atomic mass is 79.9. The summed E-state index contributed by atoms with van der Waals surface area (Å²) in [5, 5.41) is 0. The molecule has 1 aliphatic heterocycles. The molecule has 1 spiro atoms. The molecule has 2 aromatic rings. The lowest BCUT2D eigenvalue weighted by Gasteiger charge is -2.44. The van der Waals surface area contributed by atoms with E-state index in [-0.39, 0.29) is 28.5 Å². The topological polar surface area (TPSA) is 84.4 Å². The van der Waals surface area contributed by atoms with E-state index in [2.05, 4.69) is 54.8 Å². The third-order valence-corrected chi connectivity index (χ3v) is 9.14. The van der Waals surface area contributed by atoms with E-state index in [4.69, 9.17) is 9.72 Å². The largest absolute Gasteiger partial charge is 0.461 e. The van der Waals surface area contributed by atoms with Gasteiger partial charge in [-0.2, -0.15) is 0 Å². The van der Waals surface area contributed by atoms with Gasteiger partial charge in [-0.1, -0.05) is 24.3 Å². The van der Waals surface area contributed by atoms with Crippen LogP contribution in [0.1, 0.15) is 73.9 Å². The van der Waals surface area contributed by atoms with Crippen molar-refractivity contribution in [2.24, 2.45) is 5.41 Å². The first-order valence-electron chi connectivity index (χ1n) is 11.8. The summed E-state index contributed by atoms with van der Waals surface area (Å²) in [4.78, 5) is 23.9. The fourth-order valence-corrected chi connectivity index (χ4v) is 6.14. The predicted molar refractivity (Wildman–Crippen MR) is 138 cm³/mol. The number of nitrogens with zero attached hydrogens (tertiary/aromatic N) is 3. The number of piperidine rings is 1. The molecule has 7 nitrogen and oxygen atoms in total. The van der Waals surface area contributed by atoms with Gasteiger partial charge in [0.05, 0.1) is 34.1 Å². The monoisotopic (exact) mass is 548 g/mol. The lowest BCUT2D eigenvalue weighted by Crippen LogP contribution is -2.48. The molecule has 9 heteroatoms. The quantitative estimate of drug-likeness (QED) is 0.547. The van der Waals surface area contributed by atoms with Crippen LogP contribution in [0.3, 0.4) is 0 Å². The fraction of sp³-hybridized carbons (Fsp3) is 0.560. The van der Waals surface area contributed by atoms with Gasteiger partial charge in [-0.05, 0) is 86.4 Å². The van der Waals surface area contributed by atoms with Crippen molar-refractivity contribution in [3.8, 4) is 0 Å². The third-order valence-electron chi connectivity index (χ3n) is 6.82. The van der Waals surface area contributed by atoms with Crippen LogP contribution in [-0.2, 0) is 22.1 Å². The minimum atomic E-state index is -1.18. The molecule has 0 amide bonds. The van der Waals surface area contributed by atoms with Gasteiger partial charge in [0.1, 0.15) is 4.60 Å². The van der Waals surface area contributed by atoms with E-state index >= 15 is 0 Å². The van der Waals surface area contributed by atoms with Crippen LogP contribution in [0.4, 0.5) is 5.82 Å². The van der Waals surface area contributed by atoms with Crippen molar-refractivity contribution in [3.63, 3.8) is 0 Å². The van der Waals surface area contributed by atoms with Gasteiger partial charge in [0.25, 0.3) is 0 Å². The lowest BCUT2D eigenvalue weighted by molar-refractivity contribution is 0.0519. The number of nitrogens with one attached hydrogen (secondary N) is 1. The maximum absolute atomic E-state index is 13.1. The van der Waals surface area contributed by atoms with E-state index in [9.17, 15) is 9.00 Å². The molecule has 0 radical (unpaired) electrons. The summed E-state index contributed by atoms with van der Waals surface area (Å²) < 4.78 is 22.1. The zero-order valence-electron chi connectivity index (χ0n) is 20.5. The van der Waals surface area contributed by atoms with Crippen LogP contribution in [0.5, 0.6) is 0 Å². The zero-order valence-corrected chi connectivity index (χ0v) is 22.9. The Balaban J connectivity index is 1.62. The van der Waals surface area contributed by atoms with Crippen LogP contribution in [-0.4, -0.2) is 44.6 Å². The molecule has 0 bridgehead atoms. The minimum Gasteiger partial charge on any atom is -0.461 e. The number of esters is 1. The van der Waals surface area contributed by atoms with Gasteiger partial charge in [0.15, 0.2) is 11.5 Å². The van der Waals surface area contributed by atoms with Crippen molar-refractivity contribution >= 4 is 38.7 Å². The number of carbonyl (C=O) groups excluding carboxylic acids is 1. The first-order valence-corrected chi connectivity index (χ1v) is 13.7. The van der Waals surface area contributed by atoms with Crippen molar-refractivity contribution in [2.75, 3.05) is 24.6 Å². The number of aryl methyl sites for hydroxylation is 1. The smallest absolute Gasteiger partial charge is 0.360 e. The predicted octanol–water partition coefficient (Wildman–Crippen LogP) is 4.66. The average Bonchev–Trinajstić information content (AvgIpc) is 3.08. The third kappa shape index (κ3) is 4.79. The Bertz CT molecular complexity index is 1110. The molecule has 1 aromatic carbocycles. The molecule has 2 aliphatic rings. The molecule has 34 heavy (non-hydrogen) atoms. The molecule has 2 heterocycles. The van der Waals surface area contributed by atoms with Crippen LogP contribution in [0.2, 0.25) is 0 Å². The molecular formula is C25H33BrN4O3S. The highest BCUT2D eigenvalue weighted by Gasteiger charge is 2.49. The molecular weight excluding hydrogens is 516 g/mol. The molecule has 1 N–H and O–H groups in total. The maximum Gasteiger partial charge on any atom is 0.360 e. The van der Waals surface area contributed by atoms with Gasteiger partial charge >= 0.3 is 5.97 Å². The van der Waals surface area contributed by atoms with E-state index in [1.165, 1.54) is 11.1 Å². The summed E-state index contributed by atoms with van der Waals surface area (Å²) in [5.41, 5.74) is 3.51. The SMILES string of the molecule is CCOC(=O)c1nc(Br)c(C)nc1N1CCC2(CC1)Cc1ccccc1[C@H]2N[S@](=O)C(C)(C)C. The standard InChI is InChI=1S/C25H33BrN4O3S/c1-6-33-23(31)19-22(27-16(2)21(26)28-19)30-13-11-25(12-14-30)15-17-9-7-8-10-18(17)20(25)29-34(32)24(3,4)5/h7-10,20,29H,6,11-15H2,1-5H3/t20-,34-/m1/s1. The van der Waals surface area contributed by atoms with E-state index in [0.717, 1.165) is 38.0 Å². The van der Waals surface area contributed by atoms with Crippen molar-refractivity contribution in [1.82, 2.24) is 14.7 Å². The molecule has 4 rings (SSSR count). The van der Waals surface area contributed by atoms with E-state index in [1.807, 2.05) is 27.7 Å². The van der Waals surface area contributed by atoms with Gasteiger partial charge in [-0.25, -0.2) is 23.7 Å². The molecule has 0 unspecified atom stereocenters. The van der Waals surface area contributed by atoms with Crippen molar-refractivity contribution < 1.29 is 13.7 Å². The number of hydrogen-bond donors (Lipinski definition) is 1. The molecule has 184 valence electrons. The second-order valence-electron chi connectivity index (χ2n) is 10.1. The fourth-order valence-electron chi connectivity index (χ4n) is 4.93. The summed E-state index contributed by atoms with van der Waals surface area (Å²) in [6.45, 7) is 11.4. The number of ether oxygens (including phenoxy) is 1. The molecule has 1 aromatic heterocycles. The normalized spacial score (nSPS) is 20.3. The first-order chi connectivity index (χ1) is 16.1. The average molecular weight is 550 g/mol. The van der Waals surface area contributed by atoms with Crippen molar-refractivity contribution in [1.29, 1.82) is 0 Å². The molecule has 1 fully saturated rings. The van der Waals surface area contributed by atoms with Crippen LogP contribution in [0.25, 0.3) is 0 Å². The van der Waals surface area contributed by atoms with Gasteiger partial charge in [0.2, 0.25) is 0 Å².